The molecule has 1 aromatic heterocycles. The molecule has 4 nitrogen and oxygen atoms in total. The van der Waals surface area contributed by atoms with Gasteiger partial charge < -0.3 is 10.6 Å². The van der Waals surface area contributed by atoms with Crippen molar-refractivity contribution in [3.8, 4) is 0 Å². The van der Waals surface area contributed by atoms with Crippen LogP contribution in [0.5, 0.6) is 0 Å². The third-order valence-electron chi connectivity index (χ3n) is 2.74. The first kappa shape index (κ1) is 12.2. The van der Waals surface area contributed by atoms with E-state index in [1.165, 1.54) is 0 Å². The Morgan fingerprint density at radius 3 is 3.00 bits per heavy atom. The minimum Gasteiger partial charge on any atom is -0.373 e. The molecule has 0 bridgehead atoms. The molecule has 1 saturated heterocycles. The summed E-state index contributed by atoms with van der Waals surface area (Å²) >= 11 is 1.89. The molecule has 1 aliphatic rings. The highest BCUT2D eigenvalue weighted by Gasteiger charge is 2.18. The molecular formula is C12H17N3OS. The van der Waals surface area contributed by atoms with Gasteiger partial charge in [0.1, 0.15) is 5.82 Å². The van der Waals surface area contributed by atoms with Crippen LogP contribution >= 0.6 is 11.8 Å². The topological polar surface area (TPSA) is 54.0 Å². The van der Waals surface area contributed by atoms with Crippen molar-refractivity contribution in [1.82, 2.24) is 10.3 Å². The van der Waals surface area contributed by atoms with E-state index >= 15 is 0 Å². The van der Waals surface area contributed by atoms with Crippen LogP contribution in [0.1, 0.15) is 22.5 Å². The Balaban J connectivity index is 2.09. The van der Waals surface area contributed by atoms with Crippen molar-refractivity contribution in [1.29, 1.82) is 0 Å². The fraction of sp³-hybridized carbons (Fsp3) is 0.500. The molecule has 1 atom stereocenters. The summed E-state index contributed by atoms with van der Waals surface area (Å²) < 4.78 is 0. The fourth-order valence-corrected chi connectivity index (χ4v) is 3.00. The standard InChI is InChI=1S/C12H17N3OS/c1-8-5-9(6-11(13-2)14-8)12(16)15-10-3-4-17-7-10/h5-6,10H,3-4,7H2,1-2H3,(H,13,14)(H,15,16). The molecule has 2 heterocycles. The first-order valence-electron chi connectivity index (χ1n) is 5.74. The summed E-state index contributed by atoms with van der Waals surface area (Å²) in [6.07, 6.45) is 1.07. The van der Waals surface area contributed by atoms with Gasteiger partial charge in [0.2, 0.25) is 0 Å². The molecule has 1 fully saturated rings. The zero-order valence-electron chi connectivity index (χ0n) is 10.1. The summed E-state index contributed by atoms with van der Waals surface area (Å²) in [5, 5.41) is 6.02. The average molecular weight is 251 g/mol. The smallest absolute Gasteiger partial charge is 0.251 e. The normalized spacial score (nSPS) is 19.1. The first-order valence-corrected chi connectivity index (χ1v) is 6.89. The van der Waals surface area contributed by atoms with Gasteiger partial charge in [0.05, 0.1) is 0 Å². The molecule has 0 aliphatic carbocycles. The van der Waals surface area contributed by atoms with E-state index in [2.05, 4.69) is 15.6 Å². The number of rotatable bonds is 3. The number of nitrogens with one attached hydrogen (secondary N) is 2. The number of aromatic nitrogens is 1. The van der Waals surface area contributed by atoms with Crippen LogP contribution in [0.2, 0.25) is 0 Å². The summed E-state index contributed by atoms with van der Waals surface area (Å²) in [5.41, 5.74) is 1.53. The Morgan fingerprint density at radius 2 is 2.35 bits per heavy atom. The second-order valence-electron chi connectivity index (χ2n) is 4.17. The lowest BCUT2D eigenvalue weighted by Gasteiger charge is -2.12. The lowest BCUT2D eigenvalue weighted by molar-refractivity contribution is 0.0941. The van der Waals surface area contributed by atoms with E-state index in [1.807, 2.05) is 24.8 Å². The number of anilines is 1. The lowest BCUT2D eigenvalue weighted by atomic mass is 10.2. The highest BCUT2D eigenvalue weighted by Crippen LogP contribution is 2.18. The molecule has 92 valence electrons. The van der Waals surface area contributed by atoms with E-state index in [-0.39, 0.29) is 5.91 Å². The van der Waals surface area contributed by atoms with Crippen LogP contribution in [0, 0.1) is 6.92 Å². The number of hydrogen-bond acceptors (Lipinski definition) is 4. The minimum atomic E-state index is -0.000463. The van der Waals surface area contributed by atoms with Gasteiger partial charge in [0.15, 0.2) is 0 Å². The van der Waals surface area contributed by atoms with Gasteiger partial charge in [0, 0.05) is 30.1 Å². The third-order valence-corrected chi connectivity index (χ3v) is 3.90. The summed E-state index contributed by atoms with van der Waals surface area (Å²) in [6.45, 7) is 1.89. The first-order chi connectivity index (χ1) is 8.19. The fourth-order valence-electron chi connectivity index (χ4n) is 1.84. The molecule has 2 N–H and O–H groups in total. The second kappa shape index (κ2) is 5.40. The number of hydrogen-bond donors (Lipinski definition) is 2. The molecule has 17 heavy (non-hydrogen) atoms. The van der Waals surface area contributed by atoms with Crippen molar-refractivity contribution in [2.45, 2.75) is 19.4 Å². The number of amides is 1. The quantitative estimate of drug-likeness (QED) is 0.858. The number of carbonyl (C=O) groups is 1. The van der Waals surface area contributed by atoms with Crippen molar-refractivity contribution in [3.63, 3.8) is 0 Å². The SMILES string of the molecule is CNc1cc(C(=O)NC2CCSC2)cc(C)n1. The van der Waals surface area contributed by atoms with Crippen molar-refractivity contribution in [2.24, 2.45) is 0 Å². The monoisotopic (exact) mass is 251 g/mol. The number of aryl methyl sites for hydroxylation is 1. The molecule has 1 amide bonds. The van der Waals surface area contributed by atoms with Crippen LogP contribution in [0.15, 0.2) is 12.1 Å². The van der Waals surface area contributed by atoms with E-state index in [1.54, 1.807) is 13.1 Å². The molecule has 0 aromatic carbocycles. The predicted octanol–water partition coefficient (Wildman–Crippen LogP) is 1.67. The average Bonchev–Trinajstić information content (AvgIpc) is 2.81. The number of carbonyl (C=O) groups excluding carboxylic acids is 1. The summed E-state index contributed by atoms with van der Waals surface area (Å²) in [7, 11) is 1.80. The molecule has 5 heteroatoms. The summed E-state index contributed by atoms with van der Waals surface area (Å²) in [5.74, 6) is 2.90. The Kier molecular flexibility index (Phi) is 3.89. The van der Waals surface area contributed by atoms with Gasteiger partial charge in [-0.25, -0.2) is 4.98 Å². The van der Waals surface area contributed by atoms with Crippen LogP contribution < -0.4 is 10.6 Å². The number of pyridine rings is 1. The molecular weight excluding hydrogens is 234 g/mol. The zero-order chi connectivity index (χ0) is 12.3. The predicted molar refractivity (Wildman–Crippen MR) is 71.7 cm³/mol. The van der Waals surface area contributed by atoms with Crippen molar-refractivity contribution < 1.29 is 4.79 Å². The Morgan fingerprint density at radius 1 is 1.53 bits per heavy atom. The van der Waals surface area contributed by atoms with Crippen LogP contribution in [0.4, 0.5) is 5.82 Å². The van der Waals surface area contributed by atoms with Gasteiger partial charge in [-0.05, 0) is 31.2 Å². The summed E-state index contributed by atoms with van der Waals surface area (Å²) in [6, 6.07) is 3.92. The van der Waals surface area contributed by atoms with Crippen molar-refractivity contribution in [3.05, 3.63) is 23.4 Å². The molecule has 0 saturated carbocycles. The highest BCUT2D eigenvalue weighted by atomic mass is 32.2. The molecule has 2 rings (SSSR count). The third kappa shape index (κ3) is 3.12. The Hall–Kier alpha value is -1.23. The Labute approximate surface area is 106 Å². The van der Waals surface area contributed by atoms with Gasteiger partial charge >= 0.3 is 0 Å². The highest BCUT2D eigenvalue weighted by molar-refractivity contribution is 7.99. The largest absolute Gasteiger partial charge is 0.373 e. The minimum absolute atomic E-state index is 0.000463. The van der Waals surface area contributed by atoms with Crippen molar-refractivity contribution in [2.75, 3.05) is 23.9 Å². The van der Waals surface area contributed by atoms with Crippen LogP contribution in [0.3, 0.4) is 0 Å². The summed E-state index contributed by atoms with van der Waals surface area (Å²) in [4.78, 5) is 16.3. The van der Waals surface area contributed by atoms with Gasteiger partial charge in [-0.15, -0.1) is 0 Å². The molecule has 0 radical (unpaired) electrons. The van der Waals surface area contributed by atoms with Crippen molar-refractivity contribution >= 4 is 23.5 Å². The van der Waals surface area contributed by atoms with Gasteiger partial charge in [-0.2, -0.15) is 11.8 Å². The van der Waals surface area contributed by atoms with Crippen LogP contribution in [0.25, 0.3) is 0 Å². The number of nitrogens with zero attached hydrogens (tertiary/aromatic N) is 1. The van der Waals surface area contributed by atoms with E-state index in [4.69, 9.17) is 0 Å². The van der Waals surface area contributed by atoms with E-state index in [0.717, 1.165) is 29.4 Å². The van der Waals surface area contributed by atoms with Gasteiger partial charge in [-0.1, -0.05) is 0 Å². The maximum atomic E-state index is 12.0. The van der Waals surface area contributed by atoms with E-state index in [9.17, 15) is 4.79 Å². The van der Waals surface area contributed by atoms with Crippen LogP contribution in [-0.2, 0) is 0 Å². The molecule has 1 aliphatic heterocycles. The maximum Gasteiger partial charge on any atom is 0.251 e. The van der Waals surface area contributed by atoms with E-state index < -0.39 is 0 Å². The van der Waals surface area contributed by atoms with E-state index in [0.29, 0.717) is 11.6 Å². The maximum absolute atomic E-state index is 12.0. The molecule has 0 spiro atoms. The van der Waals surface area contributed by atoms with Gasteiger partial charge in [-0.3, -0.25) is 4.79 Å². The Bertz CT molecular complexity index is 416. The van der Waals surface area contributed by atoms with Gasteiger partial charge in [0.25, 0.3) is 5.91 Å². The van der Waals surface area contributed by atoms with Crippen LogP contribution in [-0.4, -0.2) is 35.5 Å². The number of thioether (sulfide) groups is 1. The molecule has 1 unspecified atom stereocenters. The molecule has 1 aromatic rings. The lowest BCUT2D eigenvalue weighted by Crippen LogP contribution is -2.34. The second-order valence-corrected chi connectivity index (χ2v) is 5.32. The zero-order valence-corrected chi connectivity index (χ0v) is 10.9.